The molecule has 0 saturated carbocycles. The molecule has 0 heterocycles. The summed E-state index contributed by atoms with van der Waals surface area (Å²) in [6.45, 7) is 4.28. The van der Waals surface area contributed by atoms with E-state index < -0.39 is 8.25 Å². The summed E-state index contributed by atoms with van der Waals surface area (Å²) < 4.78 is 8.74. The molecule has 0 atom stereocenters. The molecular formula is C22H23O3P. The molecule has 134 valence electrons. The summed E-state index contributed by atoms with van der Waals surface area (Å²) in [6, 6.07) is 29.7. The van der Waals surface area contributed by atoms with E-state index in [1.54, 1.807) is 0 Å². The molecule has 4 aromatic rings. The largest absolute Gasteiger partial charge is 0.326 e. The van der Waals surface area contributed by atoms with Gasteiger partial charge in [0, 0.05) is 0 Å². The summed E-state index contributed by atoms with van der Waals surface area (Å²) in [7, 11) is -3.13. The predicted octanol–water partition coefficient (Wildman–Crippen LogP) is 5.66. The first-order valence-corrected chi connectivity index (χ1v) is 9.60. The summed E-state index contributed by atoms with van der Waals surface area (Å²) in [4.78, 5) is 14.3. The summed E-state index contributed by atoms with van der Waals surface area (Å²) in [6.07, 6.45) is 0. The number of fused-ring (bicyclic) bond motifs is 2. The van der Waals surface area contributed by atoms with Gasteiger partial charge >= 0.3 is 8.25 Å². The van der Waals surface area contributed by atoms with E-state index in [9.17, 15) is 0 Å². The fourth-order valence-corrected chi connectivity index (χ4v) is 2.77. The van der Waals surface area contributed by atoms with Crippen LogP contribution in [-0.4, -0.2) is 9.79 Å². The maximum atomic E-state index is 8.74. The number of aryl methyl sites for hydroxylation is 2. The number of hydrogen-bond acceptors (Lipinski definition) is 1. The Kier molecular flexibility index (Phi) is 7.55. The zero-order chi connectivity index (χ0) is 18.9. The Morgan fingerprint density at radius 2 is 0.885 bits per heavy atom. The molecule has 3 nitrogen and oxygen atoms in total. The van der Waals surface area contributed by atoms with E-state index in [-0.39, 0.29) is 0 Å². The summed E-state index contributed by atoms with van der Waals surface area (Å²) in [5.41, 5.74) is 2.70. The Labute approximate surface area is 154 Å². The van der Waals surface area contributed by atoms with E-state index in [0.29, 0.717) is 0 Å². The van der Waals surface area contributed by atoms with Crippen LogP contribution in [0.25, 0.3) is 21.5 Å². The molecule has 4 heteroatoms. The van der Waals surface area contributed by atoms with Crippen molar-refractivity contribution < 1.29 is 14.4 Å². The molecule has 4 rings (SSSR count). The second kappa shape index (κ2) is 9.88. The van der Waals surface area contributed by atoms with Crippen LogP contribution in [0.3, 0.4) is 0 Å². The highest BCUT2D eigenvalue weighted by molar-refractivity contribution is 7.30. The lowest BCUT2D eigenvalue weighted by Gasteiger charge is -1.98. The Hall–Kier alpha value is -2.45. The highest BCUT2D eigenvalue weighted by Gasteiger charge is 1.93. The van der Waals surface area contributed by atoms with Gasteiger partial charge in [0.25, 0.3) is 0 Å². The third-order valence-corrected chi connectivity index (χ3v) is 4.02. The maximum absolute atomic E-state index is 8.74. The van der Waals surface area contributed by atoms with Crippen molar-refractivity contribution >= 4 is 29.8 Å². The molecule has 0 amide bonds. The number of rotatable bonds is 0. The maximum Gasteiger partial charge on any atom is 0.314 e. The average molecular weight is 366 g/mol. The smallest absolute Gasteiger partial charge is 0.314 e. The van der Waals surface area contributed by atoms with Crippen LogP contribution in [0.4, 0.5) is 0 Å². The minimum Gasteiger partial charge on any atom is -0.326 e. The minimum absolute atomic E-state index is 1.33. The van der Waals surface area contributed by atoms with Gasteiger partial charge in [0.05, 0.1) is 0 Å². The average Bonchev–Trinajstić information content (AvgIpc) is 2.63. The van der Waals surface area contributed by atoms with Gasteiger partial charge in [-0.3, -0.25) is 4.57 Å². The molecule has 0 spiro atoms. The van der Waals surface area contributed by atoms with E-state index in [1.165, 1.54) is 32.7 Å². The standard InChI is InChI=1S/2C11H10.H3O3P/c2*1-9-5-4-7-10-6-2-3-8-11(9)10;1-4(2)3/h2*2-8H,1H3;4H,(H2,1,2,3). The summed E-state index contributed by atoms with van der Waals surface area (Å²) in [5.74, 6) is 0. The zero-order valence-electron chi connectivity index (χ0n) is 14.9. The van der Waals surface area contributed by atoms with Crippen LogP contribution in [0, 0.1) is 13.8 Å². The Morgan fingerprint density at radius 1 is 0.577 bits per heavy atom. The molecule has 0 saturated heterocycles. The summed E-state index contributed by atoms with van der Waals surface area (Å²) in [5, 5.41) is 5.37. The fourth-order valence-electron chi connectivity index (χ4n) is 2.77. The topological polar surface area (TPSA) is 57.5 Å². The van der Waals surface area contributed by atoms with Gasteiger partial charge in [0.1, 0.15) is 0 Å². The molecule has 26 heavy (non-hydrogen) atoms. The molecule has 0 unspecified atom stereocenters. The van der Waals surface area contributed by atoms with Crippen LogP contribution in [-0.2, 0) is 4.57 Å². The van der Waals surface area contributed by atoms with Gasteiger partial charge in [-0.1, -0.05) is 84.9 Å². The van der Waals surface area contributed by atoms with Crippen LogP contribution in [0.5, 0.6) is 0 Å². The van der Waals surface area contributed by atoms with E-state index >= 15 is 0 Å². The van der Waals surface area contributed by atoms with Gasteiger partial charge in [-0.25, -0.2) is 0 Å². The second-order valence-corrected chi connectivity index (χ2v) is 6.44. The van der Waals surface area contributed by atoms with E-state index in [1.807, 2.05) is 0 Å². The molecule has 0 aliphatic heterocycles. The molecule has 0 fully saturated rings. The third kappa shape index (κ3) is 5.82. The monoisotopic (exact) mass is 366 g/mol. The van der Waals surface area contributed by atoms with E-state index in [4.69, 9.17) is 14.4 Å². The van der Waals surface area contributed by atoms with Crippen LogP contribution in [0.2, 0.25) is 0 Å². The molecule has 2 N–H and O–H groups in total. The number of hydrogen-bond donors (Lipinski definition) is 2. The van der Waals surface area contributed by atoms with Gasteiger partial charge in [0.2, 0.25) is 0 Å². The first-order valence-electron chi connectivity index (χ1n) is 8.29. The van der Waals surface area contributed by atoms with Crippen molar-refractivity contribution in [1.29, 1.82) is 0 Å². The highest BCUT2D eigenvalue weighted by atomic mass is 31.1. The molecule has 0 bridgehead atoms. The van der Waals surface area contributed by atoms with Crippen molar-refractivity contribution in [3.63, 3.8) is 0 Å². The fraction of sp³-hybridized carbons (Fsp3) is 0.0909. The highest BCUT2D eigenvalue weighted by Crippen LogP contribution is 2.17. The first-order chi connectivity index (χ1) is 12.5. The minimum atomic E-state index is -3.13. The zero-order valence-corrected chi connectivity index (χ0v) is 15.9. The van der Waals surface area contributed by atoms with Crippen molar-refractivity contribution in [1.82, 2.24) is 0 Å². The van der Waals surface area contributed by atoms with Gasteiger partial charge in [-0.05, 0) is 46.5 Å². The van der Waals surface area contributed by atoms with Crippen molar-refractivity contribution in [2.24, 2.45) is 0 Å². The Balaban J connectivity index is 0.000000156. The Morgan fingerprint density at radius 3 is 1.23 bits per heavy atom. The van der Waals surface area contributed by atoms with E-state index in [2.05, 4.69) is 98.8 Å². The second-order valence-electron chi connectivity index (χ2n) is 5.87. The van der Waals surface area contributed by atoms with E-state index in [0.717, 1.165) is 0 Å². The summed E-state index contributed by atoms with van der Waals surface area (Å²) >= 11 is 0. The van der Waals surface area contributed by atoms with Crippen LogP contribution >= 0.6 is 8.25 Å². The molecule has 4 aromatic carbocycles. The van der Waals surface area contributed by atoms with Crippen molar-refractivity contribution in [3.8, 4) is 0 Å². The van der Waals surface area contributed by atoms with Gasteiger partial charge in [-0.2, -0.15) is 0 Å². The van der Waals surface area contributed by atoms with Gasteiger partial charge in [-0.15, -0.1) is 0 Å². The lowest BCUT2D eigenvalue weighted by atomic mass is 10.1. The van der Waals surface area contributed by atoms with Crippen molar-refractivity contribution in [3.05, 3.63) is 96.1 Å². The normalized spacial score (nSPS) is 10.0. The van der Waals surface area contributed by atoms with Crippen LogP contribution < -0.4 is 0 Å². The molecule has 0 aliphatic carbocycles. The SMILES string of the molecule is Cc1cccc2ccccc12.Cc1cccc2ccccc12.O=[PH](O)O. The van der Waals surface area contributed by atoms with Crippen LogP contribution in [0.15, 0.2) is 84.9 Å². The molecular weight excluding hydrogens is 343 g/mol. The number of benzene rings is 4. The van der Waals surface area contributed by atoms with Crippen molar-refractivity contribution in [2.45, 2.75) is 13.8 Å². The lowest BCUT2D eigenvalue weighted by Crippen LogP contribution is -1.75. The lowest BCUT2D eigenvalue weighted by molar-refractivity contribution is 0.405. The molecule has 0 aliphatic rings. The first kappa shape index (κ1) is 19.9. The predicted molar refractivity (Wildman–Crippen MR) is 111 cm³/mol. The third-order valence-electron chi connectivity index (χ3n) is 4.02. The Bertz CT molecular complexity index is 920. The quantitative estimate of drug-likeness (QED) is 0.395. The van der Waals surface area contributed by atoms with Gasteiger partial charge < -0.3 is 9.79 Å². The van der Waals surface area contributed by atoms with Gasteiger partial charge in [0.15, 0.2) is 0 Å². The molecule has 0 aromatic heterocycles. The molecule has 0 radical (unpaired) electrons. The van der Waals surface area contributed by atoms with Crippen LogP contribution in [0.1, 0.15) is 11.1 Å². The van der Waals surface area contributed by atoms with Crippen molar-refractivity contribution in [2.75, 3.05) is 0 Å².